The van der Waals surface area contributed by atoms with E-state index < -0.39 is 6.10 Å². The maximum Gasteiger partial charge on any atom is 0.321 e. The molecule has 0 radical (unpaired) electrons. The molecule has 0 unspecified atom stereocenters. The number of hydrogen-bond acceptors (Lipinski definition) is 6. The van der Waals surface area contributed by atoms with E-state index in [0.29, 0.717) is 38.5 Å². The molecule has 2 amide bonds. The first-order valence-corrected chi connectivity index (χ1v) is 14.3. The topological polar surface area (TPSA) is 82.9 Å². The fraction of sp³-hybridized carbons (Fsp3) is 0.333. The second-order valence-electron chi connectivity index (χ2n) is 10.0. The van der Waals surface area contributed by atoms with Crippen molar-refractivity contribution >= 4 is 55.1 Å². The molecule has 39 heavy (non-hydrogen) atoms. The minimum atomic E-state index is -0.616. The third kappa shape index (κ3) is 5.30. The Balaban J connectivity index is 1.01. The fourth-order valence-corrected chi connectivity index (χ4v) is 6.27. The zero-order chi connectivity index (χ0) is 26.9. The molecule has 2 N–H and O–H groups in total. The zero-order valence-corrected chi connectivity index (χ0v) is 23.1. The maximum atomic E-state index is 13.0. The van der Waals surface area contributed by atoms with Crippen molar-refractivity contribution in [1.29, 1.82) is 0 Å². The molecule has 8 nitrogen and oxygen atoms in total. The number of hydrogen-bond donors (Lipinski definition) is 2. The van der Waals surface area contributed by atoms with Gasteiger partial charge in [0.2, 0.25) is 0 Å². The molecule has 1 saturated heterocycles. The van der Waals surface area contributed by atoms with Gasteiger partial charge in [-0.1, -0.05) is 18.2 Å². The summed E-state index contributed by atoms with van der Waals surface area (Å²) in [7, 11) is 0. The molecule has 5 aromatic rings. The fourth-order valence-electron chi connectivity index (χ4n) is 5.46. The quantitative estimate of drug-likeness (QED) is 0.290. The van der Waals surface area contributed by atoms with Crippen molar-refractivity contribution in [3.05, 3.63) is 65.7 Å². The van der Waals surface area contributed by atoms with Gasteiger partial charge in [0, 0.05) is 72.8 Å². The number of carbonyl (C=O) groups is 1. The molecular weight excluding hydrogens is 510 g/mol. The first-order chi connectivity index (χ1) is 19.0. The summed E-state index contributed by atoms with van der Waals surface area (Å²) < 4.78 is 9.26. The van der Waals surface area contributed by atoms with Crippen LogP contribution >= 0.6 is 11.3 Å². The first-order valence-electron chi connectivity index (χ1n) is 13.5. The second kappa shape index (κ2) is 10.8. The standard InChI is InChI=1S/C30H33N5O3S/c1-3-35-27-7-5-4-6-24(27)25-16-21(8-10-28(25)35)32-30(37)34-14-12-33(13-15-34)18-22(36)19-38-23-9-11-29-26(17-23)31-20(2)39-29/h4-11,16-17,22,36H,3,12-15,18-19H2,1-2H3,(H,32,37)/t22-/m1/s1. The van der Waals surface area contributed by atoms with E-state index in [-0.39, 0.29) is 12.6 Å². The Labute approximate surface area is 231 Å². The largest absolute Gasteiger partial charge is 0.491 e. The number of rotatable bonds is 7. The second-order valence-corrected chi connectivity index (χ2v) is 11.3. The molecule has 0 spiro atoms. The number of aliphatic hydroxyl groups is 1. The number of urea groups is 1. The van der Waals surface area contributed by atoms with Gasteiger partial charge in [-0.2, -0.15) is 0 Å². The number of aryl methyl sites for hydroxylation is 2. The molecule has 1 fully saturated rings. The minimum absolute atomic E-state index is 0.0928. The zero-order valence-electron chi connectivity index (χ0n) is 22.3. The van der Waals surface area contributed by atoms with E-state index in [1.165, 1.54) is 16.4 Å². The van der Waals surface area contributed by atoms with Crippen LogP contribution in [0.4, 0.5) is 10.5 Å². The van der Waals surface area contributed by atoms with Gasteiger partial charge >= 0.3 is 6.03 Å². The first kappa shape index (κ1) is 25.6. The molecule has 1 aliphatic rings. The SMILES string of the molecule is CCn1c2ccccc2c2cc(NC(=O)N3CCN(C[C@@H](O)COc4ccc5sc(C)nc5c4)CC3)ccc21. The molecule has 2 aromatic heterocycles. The number of para-hydroxylation sites is 1. The Bertz CT molecular complexity index is 1640. The van der Waals surface area contributed by atoms with Crippen LogP contribution in [0.2, 0.25) is 0 Å². The smallest absolute Gasteiger partial charge is 0.321 e. The minimum Gasteiger partial charge on any atom is -0.491 e. The highest BCUT2D eigenvalue weighted by molar-refractivity contribution is 7.18. The van der Waals surface area contributed by atoms with Crippen LogP contribution in [0.25, 0.3) is 32.0 Å². The number of β-amino-alcohol motifs (C(OH)–C–C–N with tert-alkyl or cyclic N) is 1. The molecule has 0 bridgehead atoms. The van der Waals surface area contributed by atoms with Crippen LogP contribution in [-0.2, 0) is 6.54 Å². The van der Waals surface area contributed by atoms with Crippen LogP contribution in [0.1, 0.15) is 11.9 Å². The van der Waals surface area contributed by atoms with E-state index in [9.17, 15) is 9.90 Å². The Hall–Kier alpha value is -3.66. The average molecular weight is 544 g/mol. The number of aromatic nitrogens is 2. The normalized spacial score (nSPS) is 15.3. The molecule has 202 valence electrons. The summed E-state index contributed by atoms with van der Waals surface area (Å²) in [5.74, 6) is 0.714. The number of thiazole rings is 1. The summed E-state index contributed by atoms with van der Waals surface area (Å²) in [4.78, 5) is 21.5. The third-order valence-corrected chi connectivity index (χ3v) is 8.33. The van der Waals surface area contributed by atoms with E-state index >= 15 is 0 Å². The summed E-state index contributed by atoms with van der Waals surface area (Å²) in [5.41, 5.74) is 4.10. The molecule has 9 heteroatoms. The maximum absolute atomic E-state index is 13.0. The van der Waals surface area contributed by atoms with Crippen molar-refractivity contribution in [3.8, 4) is 5.75 Å². The van der Waals surface area contributed by atoms with Crippen molar-refractivity contribution in [2.45, 2.75) is 26.5 Å². The molecule has 1 atom stereocenters. The molecule has 3 heterocycles. The van der Waals surface area contributed by atoms with E-state index in [2.05, 4.69) is 63.1 Å². The van der Waals surface area contributed by atoms with Gasteiger partial charge in [-0.15, -0.1) is 11.3 Å². The lowest BCUT2D eigenvalue weighted by Crippen LogP contribution is -2.51. The van der Waals surface area contributed by atoms with Crippen molar-refractivity contribution < 1.29 is 14.6 Å². The van der Waals surface area contributed by atoms with Gasteiger partial charge in [0.15, 0.2) is 0 Å². The third-order valence-electron chi connectivity index (χ3n) is 7.38. The number of aliphatic hydroxyl groups excluding tert-OH is 1. The molecular formula is C30H33N5O3S. The highest BCUT2D eigenvalue weighted by Gasteiger charge is 2.23. The summed E-state index contributed by atoms with van der Waals surface area (Å²) in [5, 5.41) is 17.0. The monoisotopic (exact) mass is 543 g/mol. The number of nitrogens with zero attached hydrogens (tertiary/aromatic N) is 4. The Morgan fingerprint density at radius 3 is 2.67 bits per heavy atom. The number of ether oxygens (including phenoxy) is 1. The van der Waals surface area contributed by atoms with E-state index in [4.69, 9.17) is 4.74 Å². The van der Waals surface area contributed by atoms with Gasteiger partial charge in [0.1, 0.15) is 18.5 Å². The van der Waals surface area contributed by atoms with Crippen molar-refractivity contribution in [3.63, 3.8) is 0 Å². The van der Waals surface area contributed by atoms with Gasteiger partial charge in [-0.3, -0.25) is 4.90 Å². The molecule has 0 saturated carbocycles. The molecule has 3 aromatic carbocycles. The van der Waals surface area contributed by atoms with Gasteiger partial charge in [0.25, 0.3) is 0 Å². The Morgan fingerprint density at radius 1 is 1.05 bits per heavy atom. The van der Waals surface area contributed by atoms with Crippen molar-refractivity contribution in [2.24, 2.45) is 0 Å². The summed E-state index contributed by atoms with van der Waals surface area (Å²) in [6, 6.07) is 20.3. The lowest BCUT2D eigenvalue weighted by atomic mass is 10.1. The molecule has 0 aliphatic carbocycles. The lowest BCUT2D eigenvalue weighted by Gasteiger charge is -2.35. The summed E-state index contributed by atoms with van der Waals surface area (Å²) in [6.45, 7) is 8.38. The van der Waals surface area contributed by atoms with Gasteiger partial charge < -0.3 is 24.6 Å². The predicted octanol–water partition coefficient (Wildman–Crippen LogP) is 5.32. The van der Waals surface area contributed by atoms with Gasteiger partial charge in [-0.25, -0.2) is 9.78 Å². The van der Waals surface area contributed by atoms with Crippen molar-refractivity contribution in [1.82, 2.24) is 19.4 Å². The molecule has 1 aliphatic heterocycles. The highest BCUT2D eigenvalue weighted by Crippen LogP contribution is 2.31. The van der Waals surface area contributed by atoms with Crippen molar-refractivity contribution in [2.75, 3.05) is 44.6 Å². The molecule has 6 rings (SSSR count). The van der Waals surface area contributed by atoms with Crippen LogP contribution < -0.4 is 10.1 Å². The Kier molecular flexibility index (Phi) is 7.12. The summed E-state index contributed by atoms with van der Waals surface area (Å²) >= 11 is 1.66. The van der Waals surface area contributed by atoms with Crippen LogP contribution in [0.5, 0.6) is 5.75 Å². The van der Waals surface area contributed by atoms with Crippen LogP contribution in [0.3, 0.4) is 0 Å². The lowest BCUT2D eigenvalue weighted by molar-refractivity contribution is 0.0526. The summed E-state index contributed by atoms with van der Waals surface area (Å²) in [6.07, 6.45) is -0.616. The Morgan fingerprint density at radius 2 is 1.85 bits per heavy atom. The predicted molar refractivity (Wildman–Crippen MR) is 158 cm³/mol. The number of amides is 2. The van der Waals surface area contributed by atoms with Gasteiger partial charge in [-0.05, 0) is 50.2 Å². The van der Waals surface area contributed by atoms with Crippen LogP contribution in [-0.4, -0.2) is 75.9 Å². The van der Waals surface area contributed by atoms with E-state index in [1.807, 2.05) is 36.1 Å². The number of piperazine rings is 1. The number of anilines is 1. The van der Waals surface area contributed by atoms with Gasteiger partial charge in [0.05, 0.1) is 15.2 Å². The van der Waals surface area contributed by atoms with E-state index in [1.54, 1.807) is 11.3 Å². The highest BCUT2D eigenvalue weighted by atomic mass is 32.1. The number of nitrogens with one attached hydrogen (secondary N) is 1. The average Bonchev–Trinajstić information content (AvgIpc) is 3.48. The number of carbonyl (C=O) groups excluding carboxylic acids is 1. The van der Waals surface area contributed by atoms with Crippen LogP contribution in [0, 0.1) is 6.92 Å². The van der Waals surface area contributed by atoms with Crippen LogP contribution in [0.15, 0.2) is 60.7 Å². The number of fused-ring (bicyclic) bond motifs is 4. The number of benzene rings is 3. The van der Waals surface area contributed by atoms with E-state index in [0.717, 1.165) is 32.8 Å².